The van der Waals surface area contributed by atoms with Gasteiger partial charge in [-0.05, 0) is 47.8 Å². The van der Waals surface area contributed by atoms with E-state index in [1.165, 1.54) is 10.4 Å². The van der Waals surface area contributed by atoms with Gasteiger partial charge >= 0.3 is 0 Å². The van der Waals surface area contributed by atoms with E-state index in [4.69, 9.17) is 13.9 Å². The molecule has 2 aromatic carbocycles. The van der Waals surface area contributed by atoms with Gasteiger partial charge in [0.2, 0.25) is 0 Å². The van der Waals surface area contributed by atoms with Gasteiger partial charge in [0.05, 0.1) is 6.61 Å². The van der Waals surface area contributed by atoms with E-state index in [-0.39, 0.29) is 11.1 Å². The number of fused-ring (bicyclic) bond motifs is 1. The van der Waals surface area contributed by atoms with Gasteiger partial charge in [-0.3, -0.25) is 0 Å². The van der Waals surface area contributed by atoms with Gasteiger partial charge in [-0.25, -0.2) is 0 Å². The average Bonchev–Trinajstić information content (AvgIpc) is 3.13. The molecule has 1 fully saturated rings. The zero-order valence-corrected chi connectivity index (χ0v) is 20.4. The molecule has 2 aliphatic rings. The van der Waals surface area contributed by atoms with Gasteiger partial charge < -0.3 is 19.0 Å². The van der Waals surface area contributed by atoms with Crippen LogP contribution in [0.2, 0.25) is 5.04 Å². The highest BCUT2D eigenvalue weighted by molar-refractivity contribution is 6.99. The van der Waals surface area contributed by atoms with Crippen molar-refractivity contribution in [2.24, 2.45) is 0 Å². The molecule has 166 valence electrons. The molecule has 31 heavy (non-hydrogen) atoms. The van der Waals surface area contributed by atoms with Crippen LogP contribution in [0, 0.1) is 0 Å². The quantitative estimate of drug-likeness (QED) is 0.570. The smallest absolute Gasteiger partial charge is 0.261 e. The number of aliphatic hydroxyl groups is 1. The second-order valence-corrected chi connectivity index (χ2v) is 14.6. The third-order valence-electron chi connectivity index (χ3n) is 6.56. The van der Waals surface area contributed by atoms with E-state index in [2.05, 4.69) is 69.3 Å². The van der Waals surface area contributed by atoms with Crippen molar-refractivity contribution in [1.29, 1.82) is 0 Å². The predicted molar refractivity (Wildman–Crippen MR) is 126 cm³/mol. The molecule has 0 spiro atoms. The molecule has 5 heteroatoms. The van der Waals surface area contributed by atoms with Crippen molar-refractivity contribution < 1.29 is 19.0 Å². The summed E-state index contributed by atoms with van der Waals surface area (Å²) in [5.41, 5.74) is -0.310. The van der Waals surface area contributed by atoms with Gasteiger partial charge in [0, 0.05) is 0 Å². The van der Waals surface area contributed by atoms with Crippen LogP contribution in [0.1, 0.15) is 41.5 Å². The second-order valence-electron chi connectivity index (χ2n) is 10.3. The minimum Gasteiger partial charge on any atom is -0.403 e. The third-order valence-corrected chi connectivity index (χ3v) is 11.5. The lowest BCUT2D eigenvalue weighted by atomic mass is 9.96. The topological polar surface area (TPSA) is 47.9 Å². The summed E-state index contributed by atoms with van der Waals surface area (Å²) in [6.07, 6.45) is 1.32. The molecule has 4 rings (SSSR count). The first-order valence-electron chi connectivity index (χ1n) is 11.0. The number of ether oxygens (including phenoxy) is 2. The highest BCUT2D eigenvalue weighted by Crippen LogP contribution is 2.44. The zero-order valence-electron chi connectivity index (χ0n) is 19.4. The van der Waals surface area contributed by atoms with Crippen molar-refractivity contribution >= 4 is 18.7 Å². The molecule has 2 aromatic rings. The molecular formula is C26H34O4Si. The van der Waals surface area contributed by atoms with Crippen LogP contribution < -0.4 is 10.4 Å². The van der Waals surface area contributed by atoms with Gasteiger partial charge in [0.1, 0.15) is 17.8 Å². The Morgan fingerprint density at radius 2 is 1.42 bits per heavy atom. The van der Waals surface area contributed by atoms with Crippen LogP contribution in [-0.4, -0.2) is 43.6 Å². The monoisotopic (exact) mass is 438 g/mol. The summed E-state index contributed by atoms with van der Waals surface area (Å²) >= 11 is 0. The first kappa shape index (κ1) is 22.4. The summed E-state index contributed by atoms with van der Waals surface area (Å²) in [6.45, 7) is 12.7. The van der Waals surface area contributed by atoms with Crippen LogP contribution in [0.3, 0.4) is 0 Å². The van der Waals surface area contributed by atoms with E-state index in [1.807, 2.05) is 39.0 Å². The van der Waals surface area contributed by atoms with Crippen LogP contribution in [0.4, 0.5) is 0 Å². The van der Waals surface area contributed by atoms with Crippen LogP contribution in [-0.2, 0) is 13.9 Å². The van der Waals surface area contributed by atoms with E-state index >= 15 is 0 Å². The minimum absolute atomic E-state index is 0.119. The van der Waals surface area contributed by atoms with Gasteiger partial charge in [-0.2, -0.15) is 0 Å². The van der Waals surface area contributed by atoms with Gasteiger partial charge in [-0.1, -0.05) is 81.4 Å². The summed E-state index contributed by atoms with van der Waals surface area (Å²) < 4.78 is 19.0. The lowest BCUT2D eigenvalue weighted by Crippen LogP contribution is -2.67. The van der Waals surface area contributed by atoms with Crippen LogP contribution in [0.15, 0.2) is 72.3 Å². The van der Waals surface area contributed by atoms with E-state index in [0.717, 1.165) is 5.57 Å². The Kier molecular flexibility index (Phi) is 5.55. The minimum atomic E-state index is -2.68. The number of hydrogen-bond donors (Lipinski definition) is 1. The molecule has 1 aliphatic carbocycles. The molecule has 1 aliphatic heterocycles. The third kappa shape index (κ3) is 3.83. The van der Waals surface area contributed by atoms with E-state index < -0.39 is 25.8 Å². The maximum absolute atomic E-state index is 11.4. The van der Waals surface area contributed by atoms with Gasteiger partial charge in [0.15, 0.2) is 5.79 Å². The van der Waals surface area contributed by atoms with E-state index in [9.17, 15) is 5.11 Å². The molecule has 0 saturated carbocycles. The molecule has 0 radical (unpaired) electrons. The fraction of sp³-hybridized carbons (Fsp3) is 0.462. The SMILES string of the molecule is CC1(C)O[C@H]2C=C(CO[Si](c3ccccc3)(c3ccccc3)C(C)(C)C)[C@@](C)(O)[C@H]2O1. The van der Waals surface area contributed by atoms with Crippen LogP contribution in [0.25, 0.3) is 0 Å². The summed E-state index contributed by atoms with van der Waals surface area (Å²) in [6, 6.07) is 21.1. The molecule has 4 nitrogen and oxygen atoms in total. The summed E-state index contributed by atoms with van der Waals surface area (Å²) in [5.74, 6) is -0.694. The highest BCUT2D eigenvalue weighted by Gasteiger charge is 2.56. The van der Waals surface area contributed by atoms with E-state index in [0.29, 0.717) is 6.61 Å². The zero-order chi connectivity index (χ0) is 22.5. The number of hydrogen-bond acceptors (Lipinski definition) is 4. The van der Waals surface area contributed by atoms with Gasteiger partial charge in [0.25, 0.3) is 8.32 Å². The standard InChI is InChI=1S/C26H34O4Si/c1-24(2,3)31(20-13-9-7-10-14-20,21-15-11-8-12-16-21)28-18-19-17-22-23(26(19,6)27)30-25(4,5)29-22/h7-17,22-23,27H,18H2,1-6H3/t22-,23-,26+/m0/s1. The van der Waals surface area contributed by atoms with Crippen molar-refractivity contribution in [2.75, 3.05) is 6.61 Å². The number of rotatable bonds is 5. The number of benzene rings is 2. The highest BCUT2D eigenvalue weighted by atomic mass is 28.4. The summed E-state index contributed by atoms with van der Waals surface area (Å²) in [7, 11) is -2.68. The molecule has 0 amide bonds. The first-order valence-corrected chi connectivity index (χ1v) is 12.9. The summed E-state index contributed by atoms with van der Waals surface area (Å²) in [4.78, 5) is 0. The lowest BCUT2D eigenvalue weighted by Gasteiger charge is -2.43. The lowest BCUT2D eigenvalue weighted by molar-refractivity contribution is -0.164. The molecule has 1 heterocycles. The van der Waals surface area contributed by atoms with Crippen molar-refractivity contribution in [1.82, 2.24) is 0 Å². The molecule has 1 saturated heterocycles. The van der Waals surface area contributed by atoms with Crippen molar-refractivity contribution in [3.63, 3.8) is 0 Å². The first-order chi connectivity index (χ1) is 14.5. The molecule has 0 bridgehead atoms. The Morgan fingerprint density at radius 1 is 0.903 bits per heavy atom. The second kappa shape index (κ2) is 7.68. The van der Waals surface area contributed by atoms with Gasteiger partial charge in [-0.15, -0.1) is 0 Å². The maximum atomic E-state index is 11.4. The molecule has 0 aromatic heterocycles. The normalized spacial score (nSPS) is 27.8. The van der Waals surface area contributed by atoms with Crippen LogP contribution in [0.5, 0.6) is 0 Å². The Labute approximate surface area is 187 Å². The van der Waals surface area contributed by atoms with Crippen molar-refractivity contribution in [3.8, 4) is 0 Å². The van der Waals surface area contributed by atoms with Crippen LogP contribution >= 0.6 is 0 Å². The molecular weight excluding hydrogens is 404 g/mol. The fourth-order valence-electron chi connectivity index (χ4n) is 5.04. The Morgan fingerprint density at radius 3 is 1.87 bits per heavy atom. The molecule has 1 N–H and O–H groups in total. The Balaban J connectivity index is 1.73. The maximum Gasteiger partial charge on any atom is 0.261 e. The summed E-state index contributed by atoms with van der Waals surface area (Å²) in [5, 5.41) is 13.7. The van der Waals surface area contributed by atoms with Crippen molar-refractivity contribution in [2.45, 2.75) is 70.2 Å². The van der Waals surface area contributed by atoms with E-state index in [1.54, 1.807) is 0 Å². The fourth-order valence-corrected chi connectivity index (χ4v) is 9.57. The molecule has 0 unspecified atom stereocenters. The average molecular weight is 439 g/mol. The predicted octanol–water partition coefficient (Wildman–Crippen LogP) is 3.77. The van der Waals surface area contributed by atoms with Crippen molar-refractivity contribution in [3.05, 3.63) is 72.3 Å². The Bertz CT molecular complexity index is 905. The largest absolute Gasteiger partial charge is 0.403 e. The molecule has 3 atom stereocenters. The Hall–Kier alpha value is -1.76.